The third-order valence-electron chi connectivity index (χ3n) is 5.81. The summed E-state index contributed by atoms with van der Waals surface area (Å²) in [5.41, 5.74) is 2.46. The number of nitrogens with one attached hydrogen (secondary N) is 1. The van der Waals surface area contributed by atoms with E-state index in [2.05, 4.69) is 20.4 Å². The van der Waals surface area contributed by atoms with Crippen LogP contribution in [0.4, 0.5) is 10.2 Å². The lowest BCUT2D eigenvalue weighted by molar-refractivity contribution is -0.125. The van der Waals surface area contributed by atoms with Gasteiger partial charge in [-0.05, 0) is 66.9 Å². The van der Waals surface area contributed by atoms with E-state index in [9.17, 15) is 9.18 Å². The lowest BCUT2D eigenvalue weighted by atomic mass is 9.97. The maximum atomic E-state index is 13.1. The SMILES string of the molecule is O=C(NCc1ccc2c(c1)OCO2)C1CCCN(c2ccc(-c3ccc(F)cc3)nn2)C1. The Kier molecular flexibility index (Phi) is 5.58. The molecule has 3 heterocycles. The second-order valence-corrected chi connectivity index (χ2v) is 7.97. The van der Waals surface area contributed by atoms with E-state index in [4.69, 9.17) is 9.47 Å². The van der Waals surface area contributed by atoms with Crippen LogP contribution in [0.1, 0.15) is 18.4 Å². The van der Waals surface area contributed by atoms with Gasteiger partial charge in [0, 0.05) is 25.2 Å². The van der Waals surface area contributed by atoms with Gasteiger partial charge >= 0.3 is 0 Å². The summed E-state index contributed by atoms with van der Waals surface area (Å²) >= 11 is 0. The Hall–Kier alpha value is -3.68. The number of anilines is 1. The van der Waals surface area contributed by atoms with Crippen molar-refractivity contribution in [2.45, 2.75) is 19.4 Å². The highest BCUT2D eigenvalue weighted by Gasteiger charge is 2.26. The number of amides is 1. The molecule has 2 aromatic carbocycles. The monoisotopic (exact) mass is 434 g/mol. The fourth-order valence-corrected chi connectivity index (χ4v) is 4.05. The highest BCUT2D eigenvalue weighted by Crippen LogP contribution is 2.32. The highest BCUT2D eigenvalue weighted by molar-refractivity contribution is 5.79. The first-order chi connectivity index (χ1) is 15.7. The Balaban J connectivity index is 1.19. The first-order valence-corrected chi connectivity index (χ1v) is 10.7. The number of rotatable bonds is 5. The molecule has 0 bridgehead atoms. The van der Waals surface area contributed by atoms with Crippen molar-refractivity contribution in [1.82, 2.24) is 15.5 Å². The molecule has 1 fully saturated rings. The van der Waals surface area contributed by atoms with Crippen molar-refractivity contribution in [2.24, 2.45) is 5.92 Å². The molecule has 5 rings (SSSR count). The van der Waals surface area contributed by atoms with E-state index in [1.165, 1.54) is 12.1 Å². The van der Waals surface area contributed by atoms with Gasteiger partial charge in [0.25, 0.3) is 0 Å². The molecular weight excluding hydrogens is 411 g/mol. The van der Waals surface area contributed by atoms with Crippen LogP contribution in [0.5, 0.6) is 11.5 Å². The molecule has 164 valence electrons. The van der Waals surface area contributed by atoms with Gasteiger partial charge in [-0.2, -0.15) is 0 Å². The first-order valence-electron chi connectivity index (χ1n) is 10.7. The molecule has 1 N–H and O–H groups in total. The van der Waals surface area contributed by atoms with Gasteiger partial charge in [0.05, 0.1) is 11.6 Å². The first kappa shape index (κ1) is 20.2. The third-order valence-corrected chi connectivity index (χ3v) is 5.81. The minimum atomic E-state index is -0.283. The Morgan fingerprint density at radius 3 is 2.72 bits per heavy atom. The molecule has 0 radical (unpaired) electrons. The average Bonchev–Trinajstić information content (AvgIpc) is 3.31. The van der Waals surface area contributed by atoms with E-state index in [0.717, 1.165) is 42.1 Å². The topological polar surface area (TPSA) is 76.6 Å². The van der Waals surface area contributed by atoms with Crippen molar-refractivity contribution in [1.29, 1.82) is 0 Å². The lowest BCUT2D eigenvalue weighted by Crippen LogP contribution is -2.43. The van der Waals surface area contributed by atoms with Crippen LogP contribution in [0.2, 0.25) is 0 Å². The number of hydrogen-bond acceptors (Lipinski definition) is 6. The summed E-state index contributed by atoms with van der Waals surface area (Å²) < 4.78 is 23.8. The van der Waals surface area contributed by atoms with Gasteiger partial charge in [-0.1, -0.05) is 6.07 Å². The molecule has 1 amide bonds. The van der Waals surface area contributed by atoms with Crippen LogP contribution < -0.4 is 19.7 Å². The molecule has 8 heteroatoms. The van der Waals surface area contributed by atoms with E-state index >= 15 is 0 Å². The van der Waals surface area contributed by atoms with Crippen LogP contribution in [-0.2, 0) is 11.3 Å². The van der Waals surface area contributed by atoms with E-state index in [1.54, 1.807) is 12.1 Å². The van der Waals surface area contributed by atoms with Crippen LogP contribution in [-0.4, -0.2) is 36.0 Å². The fraction of sp³-hybridized carbons (Fsp3) is 0.292. The van der Waals surface area contributed by atoms with Crippen molar-refractivity contribution in [2.75, 3.05) is 24.8 Å². The summed E-state index contributed by atoms with van der Waals surface area (Å²) in [6, 6.07) is 15.6. The van der Waals surface area contributed by atoms with Crippen molar-refractivity contribution in [3.63, 3.8) is 0 Å². The summed E-state index contributed by atoms with van der Waals surface area (Å²) in [7, 11) is 0. The molecule has 1 atom stereocenters. The van der Waals surface area contributed by atoms with Gasteiger partial charge in [-0.15, -0.1) is 10.2 Å². The van der Waals surface area contributed by atoms with Crippen LogP contribution in [0.15, 0.2) is 54.6 Å². The number of carbonyl (C=O) groups excluding carboxylic acids is 1. The Labute approximate surface area is 185 Å². The molecule has 2 aliphatic rings. The minimum Gasteiger partial charge on any atom is -0.454 e. The molecule has 7 nitrogen and oxygen atoms in total. The minimum absolute atomic E-state index is 0.0308. The van der Waals surface area contributed by atoms with E-state index in [-0.39, 0.29) is 24.4 Å². The number of ether oxygens (including phenoxy) is 2. The smallest absolute Gasteiger partial charge is 0.231 e. The number of benzene rings is 2. The number of nitrogens with zero attached hydrogens (tertiary/aromatic N) is 3. The number of piperidine rings is 1. The Bertz CT molecular complexity index is 1110. The normalized spacial score (nSPS) is 17.3. The van der Waals surface area contributed by atoms with Gasteiger partial charge < -0.3 is 19.7 Å². The maximum Gasteiger partial charge on any atom is 0.231 e. The Morgan fingerprint density at radius 1 is 1.06 bits per heavy atom. The van der Waals surface area contributed by atoms with Crippen molar-refractivity contribution < 1.29 is 18.7 Å². The predicted molar refractivity (Wildman–Crippen MR) is 117 cm³/mol. The van der Waals surface area contributed by atoms with Gasteiger partial charge in [0.15, 0.2) is 17.3 Å². The van der Waals surface area contributed by atoms with Crippen LogP contribution in [0, 0.1) is 11.7 Å². The van der Waals surface area contributed by atoms with Crippen LogP contribution >= 0.6 is 0 Å². The van der Waals surface area contributed by atoms with Crippen LogP contribution in [0.25, 0.3) is 11.3 Å². The molecule has 1 aromatic heterocycles. The molecule has 3 aromatic rings. The van der Waals surface area contributed by atoms with Gasteiger partial charge in [0.1, 0.15) is 5.82 Å². The zero-order valence-corrected chi connectivity index (χ0v) is 17.5. The lowest BCUT2D eigenvalue weighted by Gasteiger charge is -2.32. The quantitative estimate of drug-likeness (QED) is 0.662. The summed E-state index contributed by atoms with van der Waals surface area (Å²) in [6.45, 7) is 2.10. The molecule has 0 aliphatic carbocycles. The second kappa shape index (κ2) is 8.82. The summed E-state index contributed by atoms with van der Waals surface area (Å²) in [5, 5.41) is 11.7. The molecule has 32 heavy (non-hydrogen) atoms. The van der Waals surface area contributed by atoms with Crippen molar-refractivity contribution in [3.05, 3.63) is 66.0 Å². The number of halogens is 1. The number of aromatic nitrogens is 2. The van der Waals surface area contributed by atoms with Crippen molar-refractivity contribution in [3.8, 4) is 22.8 Å². The fourth-order valence-electron chi connectivity index (χ4n) is 4.05. The van der Waals surface area contributed by atoms with Crippen molar-refractivity contribution >= 4 is 11.7 Å². The number of carbonyl (C=O) groups is 1. The zero-order valence-electron chi connectivity index (χ0n) is 17.5. The molecule has 1 unspecified atom stereocenters. The molecule has 2 aliphatic heterocycles. The predicted octanol–water partition coefficient (Wildman–Crippen LogP) is 3.54. The number of fused-ring (bicyclic) bond motifs is 1. The average molecular weight is 434 g/mol. The summed E-state index contributed by atoms with van der Waals surface area (Å²) in [6.07, 6.45) is 1.74. The van der Waals surface area contributed by atoms with Gasteiger partial charge in [-0.3, -0.25) is 4.79 Å². The number of hydrogen-bond donors (Lipinski definition) is 1. The molecule has 0 saturated carbocycles. The molecule has 1 saturated heterocycles. The van der Waals surface area contributed by atoms with Gasteiger partial charge in [-0.25, -0.2) is 4.39 Å². The summed E-state index contributed by atoms with van der Waals surface area (Å²) in [4.78, 5) is 14.9. The zero-order chi connectivity index (χ0) is 21.9. The largest absolute Gasteiger partial charge is 0.454 e. The maximum absolute atomic E-state index is 13.1. The third kappa shape index (κ3) is 4.34. The highest BCUT2D eigenvalue weighted by atomic mass is 19.1. The van der Waals surface area contributed by atoms with E-state index < -0.39 is 0 Å². The van der Waals surface area contributed by atoms with E-state index in [1.807, 2.05) is 30.3 Å². The molecular formula is C24H23FN4O3. The Morgan fingerprint density at radius 2 is 1.91 bits per heavy atom. The molecule has 0 spiro atoms. The summed E-state index contributed by atoms with van der Waals surface area (Å²) in [5.74, 6) is 1.82. The van der Waals surface area contributed by atoms with Crippen LogP contribution in [0.3, 0.4) is 0 Å². The second-order valence-electron chi connectivity index (χ2n) is 7.97. The van der Waals surface area contributed by atoms with Gasteiger partial charge in [0.2, 0.25) is 12.7 Å². The van der Waals surface area contributed by atoms with E-state index in [0.29, 0.717) is 24.5 Å². The standard InChI is InChI=1S/C24H23FN4O3/c25-19-6-4-17(5-7-19)20-8-10-23(28-27-20)29-11-1-2-18(14-29)24(30)26-13-16-3-9-21-22(12-16)32-15-31-21/h3-10,12,18H,1-2,11,13-15H2,(H,26,30).